The van der Waals surface area contributed by atoms with Crippen molar-refractivity contribution >= 4 is 17.3 Å². The Morgan fingerprint density at radius 3 is 2.75 bits per heavy atom. The monoisotopic (exact) mass is 272 g/mol. The predicted octanol–water partition coefficient (Wildman–Crippen LogP) is 2.58. The molecule has 5 heteroatoms. The molecule has 5 nitrogen and oxygen atoms in total. The summed E-state index contributed by atoms with van der Waals surface area (Å²) in [5, 5.41) is 10.3. The molecule has 1 heterocycles. The van der Waals surface area contributed by atoms with Crippen LogP contribution in [-0.4, -0.2) is 22.7 Å². The molecular weight excluding hydrogens is 252 g/mol. The van der Waals surface area contributed by atoms with Crippen LogP contribution in [0.15, 0.2) is 24.4 Å². The fraction of sp³-hybridized carbons (Fsp3) is 0.333. The molecule has 0 bridgehead atoms. The van der Waals surface area contributed by atoms with Gasteiger partial charge in [-0.05, 0) is 31.0 Å². The molecular formula is C15H20N4O. The largest absolute Gasteiger partial charge is 0.387 e. The summed E-state index contributed by atoms with van der Waals surface area (Å²) >= 11 is 0. The topological polar surface area (TPSA) is 59.0 Å². The number of aryl methyl sites for hydroxylation is 3. The van der Waals surface area contributed by atoms with Crippen LogP contribution in [0.2, 0.25) is 0 Å². The molecule has 20 heavy (non-hydrogen) atoms. The van der Waals surface area contributed by atoms with E-state index >= 15 is 0 Å². The SMILES string of the molecule is CCc1nn(C)cc1NC(=O)c1ccc(C)cc1NC. The molecule has 0 unspecified atom stereocenters. The highest BCUT2D eigenvalue weighted by Gasteiger charge is 2.14. The summed E-state index contributed by atoms with van der Waals surface area (Å²) in [6.45, 7) is 4.02. The third kappa shape index (κ3) is 2.82. The Morgan fingerprint density at radius 1 is 1.35 bits per heavy atom. The molecule has 2 rings (SSSR count). The summed E-state index contributed by atoms with van der Waals surface area (Å²) in [6, 6.07) is 5.72. The molecule has 0 atom stereocenters. The van der Waals surface area contributed by atoms with Crippen LogP contribution in [0.4, 0.5) is 11.4 Å². The van der Waals surface area contributed by atoms with Gasteiger partial charge in [0.05, 0.1) is 16.9 Å². The van der Waals surface area contributed by atoms with Crippen LogP contribution in [0.25, 0.3) is 0 Å². The summed E-state index contributed by atoms with van der Waals surface area (Å²) in [5.41, 5.74) is 4.22. The van der Waals surface area contributed by atoms with E-state index in [1.165, 1.54) is 0 Å². The molecule has 1 aromatic carbocycles. The fourth-order valence-electron chi connectivity index (χ4n) is 2.15. The van der Waals surface area contributed by atoms with Gasteiger partial charge in [0.15, 0.2) is 0 Å². The Bertz CT molecular complexity index is 631. The van der Waals surface area contributed by atoms with E-state index in [2.05, 4.69) is 15.7 Å². The lowest BCUT2D eigenvalue weighted by Gasteiger charge is -2.10. The van der Waals surface area contributed by atoms with E-state index in [1.807, 2.05) is 52.3 Å². The highest BCUT2D eigenvalue weighted by molar-refractivity contribution is 6.08. The molecule has 0 saturated heterocycles. The number of carbonyl (C=O) groups excluding carboxylic acids is 1. The number of rotatable bonds is 4. The Hall–Kier alpha value is -2.30. The van der Waals surface area contributed by atoms with E-state index in [-0.39, 0.29) is 5.91 Å². The fourth-order valence-corrected chi connectivity index (χ4v) is 2.15. The van der Waals surface area contributed by atoms with E-state index in [0.717, 1.165) is 29.1 Å². The first-order chi connectivity index (χ1) is 9.55. The van der Waals surface area contributed by atoms with Crippen molar-refractivity contribution in [2.24, 2.45) is 7.05 Å². The van der Waals surface area contributed by atoms with Gasteiger partial charge in [-0.25, -0.2) is 0 Å². The molecule has 0 fully saturated rings. The molecule has 0 aliphatic carbocycles. The maximum absolute atomic E-state index is 12.4. The van der Waals surface area contributed by atoms with Crippen molar-refractivity contribution in [2.75, 3.05) is 17.7 Å². The molecule has 1 aromatic heterocycles. The van der Waals surface area contributed by atoms with E-state index in [4.69, 9.17) is 0 Å². The first-order valence-corrected chi connectivity index (χ1v) is 6.67. The van der Waals surface area contributed by atoms with Crippen LogP contribution < -0.4 is 10.6 Å². The van der Waals surface area contributed by atoms with Gasteiger partial charge in [0.1, 0.15) is 0 Å². The summed E-state index contributed by atoms with van der Waals surface area (Å²) in [4.78, 5) is 12.4. The average molecular weight is 272 g/mol. The zero-order chi connectivity index (χ0) is 14.7. The van der Waals surface area contributed by atoms with Crippen molar-refractivity contribution in [3.63, 3.8) is 0 Å². The Labute approximate surface area is 119 Å². The van der Waals surface area contributed by atoms with Gasteiger partial charge >= 0.3 is 0 Å². The van der Waals surface area contributed by atoms with Crippen LogP contribution in [0, 0.1) is 6.92 Å². The van der Waals surface area contributed by atoms with Crippen LogP contribution in [-0.2, 0) is 13.5 Å². The average Bonchev–Trinajstić information content (AvgIpc) is 2.78. The van der Waals surface area contributed by atoms with Gasteiger partial charge in [-0.3, -0.25) is 9.48 Å². The highest BCUT2D eigenvalue weighted by atomic mass is 16.1. The second-order valence-corrected chi connectivity index (χ2v) is 4.77. The number of nitrogens with one attached hydrogen (secondary N) is 2. The molecule has 0 radical (unpaired) electrons. The Balaban J connectivity index is 2.28. The van der Waals surface area contributed by atoms with Gasteiger partial charge < -0.3 is 10.6 Å². The minimum Gasteiger partial charge on any atom is -0.387 e. The van der Waals surface area contributed by atoms with Crippen LogP contribution >= 0.6 is 0 Å². The minimum atomic E-state index is -0.128. The van der Waals surface area contributed by atoms with E-state index < -0.39 is 0 Å². The van der Waals surface area contributed by atoms with Crippen LogP contribution in [0.3, 0.4) is 0 Å². The number of aromatic nitrogens is 2. The van der Waals surface area contributed by atoms with Gasteiger partial charge in [0, 0.05) is 26.0 Å². The van der Waals surface area contributed by atoms with E-state index in [1.54, 1.807) is 4.68 Å². The Kier molecular flexibility index (Phi) is 4.08. The minimum absolute atomic E-state index is 0.128. The van der Waals surface area contributed by atoms with Crippen molar-refractivity contribution in [3.05, 3.63) is 41.2 Å². The van der Waals surface area contributed by atoms with Crippen molar-refractivity contribution in [1.82, 2.24) is 9.78 Å². The van der Waals surface area contributed by atoms with Gasteiger partial charge in [0.25, 0.3) is 5.91 Å². The zero-order valence-corrected chi connectivity index (χ0v) is 12.3. The standard InChI is InChI=1S/C15H20N4O/c1-5-12-14(9-19(4)18-12)17-15(20)11-7-6-10(2)8-13(11)16-3/h6-9,16H,5H2,1-4H3,(H,17,20). The molecule has 2 N–H and O–H groups in total. The first kappa shape index (κ1) is 14.1. The normalized spacial score (nSPS) is 10.4. The molecule has 0 spiro atoms. The molecule has 106 valence electrons. The van der Waals surface area contributed by atoms with Crippen molar-refractivity contribution < 1.29 is 4.79 Å². The number of hydrogen-bond acceptors (Lipinski definition) is 3. The smallest absolute Gasteiger partial charge is 0.257 e. The number of amides is 1. The second-order valence-electron chi connectivity index (χ2n) is 4.77. The zero-order valence-electron chi connectivity index (χ0n) is 12.3. The molecule has 1 amide bonds. The summed E-state index contributed by atoms with van der Waals surface area (Å²) in [5.74, 6) is -0.128. The summed E-state index contributed by atoms with van der Waals surface area (Å²) < 4.78 is 1.71. The van der Waals surface area contributed by atoms with Crippen molar-refractivity contribution in [2.45, 2.75) is 20.3 Å². The summed E-state index contributed by atoms with van der Waals surface area (Å²) in [7, 11) is 3.66. The quantitative estimate of drug-likeness (QED) is 0.899. The third-order valence-electron chi connectivity index (χ3n) is 3.18. The van der Waals surface area contributed by atoms with Crippen LogP contribution in [0.1, 0.15) is 28.5 Å². The number of hydrogen-bond donors (Lipinski definition) is 2. The first-order valence-electron chi connectivity index (χ1n) is 6.67. The van der Waals surface area contributed by atoms with Crippen molar-refractivity contribution in [1.29, 1.82) is 0 Å². The van der Waals surface area contributed by atoms with E-state index in [0.29, 0.717) is 5.56 Å². The predicted molar refractivity (Wildman–Crippen MR) is 81.3 cm³/mol. The van der Waals surface area contributed by atoms with Gasteiger partial charge in [-0.2, -0.15) is 5.10 Å². The van der Waals surface area contributed by atoms with Crippen molar-refractivity contribution in [3.8, 4) is 0 Å². The molecule has 0 aliphatic heterocycles. The number of anilines is 2. The lowest BCUT2D eigenvalue weighted by atomic mass is 10.1. The van der Waals surface area contributed by atoms with Gasteiger partial charge in [-0.15, -0.1) is 0 Å². The highest BCUT2D eigenvalue weighted by Crippen LogP contribution is 2.20. The molecule has 2 aromatic rings. The maximum Gasteiger partial charge on any atom is 0.257 e. The van der Waals surface area contributed by atoms with Gasteiger partial charge in [-0.1, -0.05) is 13.0 Å². The lowest BCUT2D eigenvalue weighted by Crippen LogP contribution is -2.14. The lowest BCUT2D eigenvalue weighted by molar-refractivity contribution is 0.102. The molecule has 0 saturated carbocycles. The third-order valence-corrected chi connectivity index (χ3v) is 3.18. The number of nitrogens with zero attached hydrogens (tertiary/aromatic N) is 2. The number of benzene rings is 1. The van der Waals surface area contributed by atoms with Gasteiger partial charge in [0.2, 0.25) is 0 Å². The number of carbonyl (C=O) groups is 1. The molecule has 0 aliphatic rings. The second kappa shape index (κ2) is 5.77. The van der Waals surface area contributed by atoms with Crippen LogP contribution in [0.5, 0.6) is 0 Å². The Morgan fingerprint density at radius 2 is 2.10 bits per heavy atom. The summed E-state index contributed by atoms with van der Waals surface area (Å²) in [6.07, 6.45) is 2.60. The maximum atomic E-state index is 12.4. The van der Waals surface area contributed by atoms with E-state index in [9.17, 15) is 4.79 Å².